The number of fused-ring (bicyclic) bond motifs is 1. The molecule has 156 valence electrons. The fourth-order valence-electron chi connectivity index (χ4n) is 2.89. The van der Waals surface area contributed by atoms with Crippen molar-refractivity contribution < 1.29 is 22.3 Å². The molecule has 0 aliphatic rings. The van der Waals surface area contributed by atoms with Gasteiger partial charge in [0.1, 0.15) is 18.2 Å². The summed E-state index contributed by atoms with van der Waals surface area (Å²) in [5.74, 6) is -0.404. The minimum Gasteiger partial charge on any atom is -0.361 e. The van der Waals surface area contributed by atoms with E-state index in [1.54, 1.807) is 16.7 Å². The van der Waals surface area contributed by atoms with Crippen LogP contribution in [-0.2, 0) is 17.6 Å². The molecule has 0 fully saturated rings. The lowest BCUT2D eigenvalue weighted by Gasteiger charge is -2.17. The summed E-state index contributed by atoms with van der Waals surface area (Å²) in [5, 5.41) is -0.235. The number of halogens is 5. The second-order valence-electron chi connectivity index (χ2n) is 8.03. The molecule has 0 saturated carbocycles. The Bertz CT molecular complexity index is 1010. The van der Waals surface area contributed by atoms with Crippen LogP contribution in [0.5, 0.6) is 0 Å². The lowest BCUT2D eigenvalue weighted by atomic mass is 10.1. The molecule has 0 amide bonds. The lowest BCUT2D eigenvalue weighted by molar-refractivity contribution is -0.137. The minimum atomic E-state index is -4.61. The Morgan fingerprint density at radius 3 is 2.38 bits per heavy atom. The number of nitrogens with zero attached hydrogens (tertiary/aromatic N) is 2. The highest BCUT2D eigenvalue weighted by Gasteiger charge is 2.35. The Morgan fingerprint density at radius 1 is 1.14 bits per heavy atom. The molecule has 2 aromatic heterocycles. The quantitative estimate of drug-likeness (QED) is 0.237. The van der Waals surface area contributed by atoms with Crippen LogP contribution in [-0.4, -0.2) is 24.2 Å². The third kappa shape index (κ3) is 4.99. The van der Waals surface area contributed by atoms with Gasteiger partial charge in [0.15, 0.2) is 0 Å². The molecule has 2 heterocycles. The van der Waals surface area contributed by atoms with Gasteiger partial charge in [-0.05, 0) is 41.9 Å². The summed E-state index contributed by atoms with van der Waals surface area (Å²) < 4.78 is 60.5. The fraction of sp³-hybridized carbons (Fsp3) is 0.350. The molecule has 3 rings (SSSR count). The molecule has 3 aromatic rings. The van der Waals surface area contributed by atoms with Crippen LogP contribution < -0.4 is 0 Å². The van der Waals surface area contributed by atoms with E-state index in [2.05, 4.69) is 24.6 Å². The normalized spacial score (nSPS) is 12.7. The van der Waals surface area contributed by atoms with Gasteiger partial charge in [-0.25, -0.2) is 9.37 Å². The van der Waals surface area contributed by atoms with E-state index in [0.29, 0.717) is 17.9 Å². The summed E-state index contributed by atoms with van der Waals surface area (Å²) in [6.45, 7) is 7.32. The largest absolute Gasteiger partial charge is 0.419 e. The molecule has 0 aliphatic heterocycles. The zero-order chi connectivity index (χ0) is 21.4. The molecule has 0 atom stereocenters. The van der Waals surface area contributed by atoms with Crippen molar-refractivity contribution in [2.75, 3.05) is 6.61 Å². The maximum absolute atomic E-state index is 13.3. The zero-order valence-electron chi connectivity index (χ0n) is 16.3. The highest BCUT2D eigenvalue weighted by molar-refractivity contribution is 6.76. The van der Waals surface area contributed by atoms with Gasteiger partial charge >= 0.3 is 6.18 Å². The van der Waals surface area contributed by atoms with Crippen molar-refractivity contribution in [2.24, 2.45) is 0 Å². The standard InChI is InChI=1S/C20H21ClF4N2OSi/c1-29(2,3)9-8-28-12-27-17(13-4-6-14(22)7-5-13)10-15-18(21)16(20(23,24)25)11-26-19(15)27/h4-7,10-11H,8-9,12H2,1-3H3. The molecule has 0 radical (unpaired) electrons. The van der Waals surface area contributed by atoms with Crippen LogP contribution >= 0.6 is 11.6 Å². The van der Waals surface area contributed by atoms with Crippen LogP contribution in [0.4, 0.5) is 17.6 Å². The molecule has 0 aliphatic carbocycles. The van der Waals surface area contributed by atoms with Gasteiger partial charge in [-0.2, -0.15) is 13.2 Å². The average Bonchev–Trinajstić information content (AvgIpc) is 2.97. The maximum Gasteiger partial charge on any atom is 0.419 e. The van der Waals surface area contributed by atoms with Gasteiger partial charge in [0.2, 0.25) is 0 Å². The number of alkyl halides is 3. The van der Waals surface area contributed by atoms with Crippen molar-refractivity contribution >= 4 is 30.7 Å². The van der Waals surface area contributed by atoms with Crippen LogP contribution in [0.15, 0.2) is 36.5 Å². The smallest absolute Gasteiger partial charge is 0.361 e. The van der Waals surface area contributed by atoms with E-state index in [1.807, 2.05) is 0 Å². The van der Waals surface area contributed by atoms with Crippen molar-refractivity contribution in [3.05, 3.63) is 52.9 Å². The van der Waals surface area contributed by atoms with E-state index in [0.717, 1.165) is 12.2 Å². The average molecular weight is 445 g/mol. The van der Waals surface area contributed by atoms with Crippen molar-refractivity contribution in [2.45, 2.75) is 38.6 Å². The van der Waals surface area contributed by atoms with Gasteiger partial charge in [0.25, 0.3) is 0 Å². The highest BCUT2D eigenvalue weighted by Crippen LogP contribution is 2.40. The summed E-state index contributed by atoms with van der Waals surface area (Å²) in [7, 11) is -1.29. The molecule has 0 spiro atoms. The summed E-state index contributed by atoms with van der Waals surface area (Å²) in [6.07, 6.45) is -3.87. The number of aromatic nitrogens is 2. The van der Waals surface area contributed by atoms with Gasteiger partial charge in [-0.3, -0.25) is 0 Å². The Labute approximate surface area is 172 Å². The highest BCUT2D eigenvalue weighted by atomic mass is 35.5. The van der Waals surface area contributed by atoms with E-state index in [1.165, 1.54) is 18.2 Å². The Hall–Kier alpha value is -1.90. The molecular formula is C20H21ClF4N2OSi. The van der Waals surface area contributed by atoms with E-state index < -0.39 is 30.7 Å². The van der Waals surface area contributed by atoms with Gasteiger partial charge < -0.3 is 9.30 Å². The van der Waals surface area contributed by atoms with Gasteiger partial charge in [0, 0.05) is 26.3 Å². The number of ether oxygens (including phenoxy) is 1. The van der Waals surface area contributed by atoms with Crippen LogP contribution in [0.2, 0.25) is 30.7 Å². The molecular weight excluding hydrogens is 424 g/mol. The Balaban J connectivity index is 2.06. The molecule has 0 saturated heterocycles. The first kappa shape index (κ1) is 21.8. The number of benzene rings is 1. The second kappa shape index (κ2) is 8.08. The van der Waals surface area contributed by atoms with Crippen molar-refractivity contribution in [3.63, 3.8) is 0 Å². The first-order chi connectivity index (χ1) is 13.5. The molecule has 9 heteroatoms. The number of hydrogen-bond acceptors (Lipinski definition) is 2. The summed E-state index contributed by atoms with van der Waals surface area (Å²) in [6, 6.07) is 8.18. The van der Waals surface area contributed by atoms with Crippen molar-refractivity contribution in [3.8, 4) is 11.3 Å². The van der Waals surface area contributed by atoms with E-state index in [9.17, 15) is 17.6 Å². The van der Waals surface area contributed by atoms with E-state index in [-0.39, 0.29) is 17.8 Å². The lowest BCUT2D eigenvalue weighted by Crippen LogP contribution is -2.22. The third-order valence-corrected chi connectivity index (χ3v) is 6.63. The summed E-state index contributed by atoms with van der Waals surface area (Å²) in [4.78, 5) is 4.01. The minimum absolute atomic E-state index is 0.107. The summed E-state index contributed by atoms with van der Waals surface area (Å²) in [5.41, 5.74) is 0.481. The molecule has 0 N–H and O–H groups in total. The fourth-order valence-corrected chi connectivity index (χ4v) is 3.94. The van der Waals surface area contributed by atoms with Gasteiger partial charge in [-0.1, -0.05) is 31.2 Å². The van der Waals surface area contributed by atoms with Crippen LogP contribution in [0.1, 0.15) is 5.56 Å². The predicted octanol–water partition coefficient (Wildman–Crippen LogP) is 6.83. The number of rotatable bonds is 6. The van der Waals surface area contributed by atoms with Crippen molar-refractivity contribution in [1.82, 2.24) is 9.55 Å². The third-order valence-electron chi connectivity index (χ3n) is 4.52. The SMILES string of the molecule is C[Si](C)(C)CCOCn1c(-c2ccc(F)cc2)cc2c(Cl)c(C(F)(F)F)cnc21. The van der Waals surface area contributed by atoms with Gasteiger partial charge in [-0.15, -0.1) is 0 Å². The van der Waals surface area contributed by atoms with Crippen molar-refractivity contribution in [1.29, 1.82) is 0 Å². The number of hydrogen-bond donors (Lipinski definition) is 0. The second-order valence-corrected chi connectivity index (χ2v) is 14.0. The summed E-state index contributed by atoms with van der Waals surface area (Å²) >= 11 is 6.08. The van der Waals surface area contributed by atoms with Crippen LogP contribution in [0.3, 0.4) is 0 Å². The molecule has 0 bridgehead atoms. The molecule has 3 nitrogen and oxygen atoms in total. The molecule has 0 unspecified atom stereocenters. The topological polar surface area (TPSA) is 27.1 Å². The molecule has 29 heavy (non-hydrogen) atoms. The van der Waals surface area contributed by atoms with E-state index >= 15 is 0 Å². The Morgan fingerprint density at radius 2 is 1.79 bits per heavy atom. The van der Waals surface area contributed by atoms with Gasteiger partial charge in [0.05, 0.1) is 16.3 Å². The first-order valence-electron chi connectivity index (χ1n) is 9.06. The van der Waals surface area contributed by atoms with Crippen LogP contribution in [0, 0.1) is 5.82 Å². The van der Waals surface area contributed by atoms with Crippen LogP contribution in [0.25, 0.3) is 22.3 Å². The Kier molecular flexibility index (Phi) is 6.07. The number of pyridine rings is 1. The predicted molar refractivity (Wildman–Crippen MR) is 109 cm³/mol. The first-order valence-corrected chi connectivity index (χ1v) is 13.1. The van der Waals surface area contributed by atoms with E-state index in [4.69, 9.17) is 16.3 Å². The maximum atomic E-state index is 13.3. The zero-order valence-corrected chi connectivity index (χ0v) is 18.0. The molecule has 1 aromatic carbocycles. The monoisotopic (exact) mass is 444 g/mol.